The molecule has 1 aliphatic heterocycles. The van der Waals surface area contributed by atoms with Gasteiger partial charge < -0.3 is 15.3 Å². The molecule has 0 aromatic heterocycles. The fourth-order valence-corrected chi connectivity index (χ4v) is 4.24. The van der Waals surface area contributed by atoms with Gasteiger partial charge in [-0.15, -0.1) is 0 Å². The third-order valence-corrected chi connectivity index (χ3v) is 6.28. The number of benzene rings is 1. The summed E-state index contributed by atoms with van der Waals surface area (Å²) >= 11 is 0. The number of hydrogen-bond acceptors (Lipinski definition) is 5. The van der Waals surface area contributed by atoms with E-state index in [0.29, 0.717) is 17.5 Å². The van der Waals surface area contributed by atoms with E-state index in [0.717, 1.165) is 19.5 Å². The largest absolute Gasteiger partial charge is 0.494 e. The van der Waals surface area contributed by atoms with Crippen molar-refractivity contribution in [3.8, 4) is 0 Å². The molecule has 1 unspecified atom stereocenters. The predicted octanol–water partition coefficient (Wildman–Crippen LogP) is 4.88. The van der Waals surface area contributed by atoms with E-state index in [1.165, 1.54) is 36.8 Å². The molecule has 1 aromatic carbocycles. The van der Waals surface area contributed by atoms with E-state index in [9.17, 15) is 9.90 Å². The molecule has 0 radical (unpaired) electrons. The zero-order chi connectivity index (χ0) is 25.0. The minimum Gasteiger partial charge on any atom is -0.494 e. The fraction of sp³-hybridized carbons (Fsp3) is 0.536. The normalized spacial score (nSPS) is 19.4. The van der Waals surface area contributed by atoms with Crippen molar-refractivity contribution in [1.82, 2.24) is 21.1 Å². The second-order valence-corrected chi connectivity index (χ2v) is 8.66. The summed E-state index contributed by atoms with van der Waals surface area (Å²) in [7, 11) is 1.77. The molecule has 1 heterocycles. The number of carbonyl (C=O) groups is 1. The van der Waals surface area contributed by atoms with Gasteiger partial charge in [-0.25, -0.2) is 5.43 Å². The summed E-state index contributed by atoms with van der Waals surface area (Å²) in [6.45, 7) is 10.5. The van der Waals surface area contributed by atoms with Crippen LogP contribution >= 0.6 is 0 Å². The molecule has 1 saturated carbocycles. The van der Waals surface area contributed by atoms with Crippen LogP contribution in [0, 0.1) is 5.41 Å². The maximum absolute atomic E-state index is 12.6. The molecule has 1 fully saturated rings. The number of amides is 1. The van der Waals surface area contributed by atoms with Crippen LogP contribution in [0.5, 0.6) is 0 Å². The first-order valence-electron chi connectivity index (χ1n) is 12.9. The molecular formula is C28H44N4O2. The van der Waals surface area contributed by atoms with E-state index in [1.54, 1.807) is 18.0 Å². The topological polar surface area (TPSA) is 76.6 Å². The average molecular weight is 469 g/mol. The molecular weight excluding hydrogens is 424 g/mol. The van der Waals surface area contributed by atoms with Crippen LogP contribution in [-0.4, -0.2) is 48.6 Å². The van der Waals surface area contributed by atoms with Crippen molar-refractivity contribution in [1.29, 1.82) is 0 Å². The highest BCUT2D eigenvalue weighted by molar-refractivity contribution is 5.94. The fourth-order valence-electron chi connectivity index (χ4n) is 4.24. The van der Waals surface area contributed by atoms with Crippen LogP contribution in [0.1, 0.15) is 69.3 Å². The monoisotopic (exact) mass is 468 g/mol. The standard InChI is InChI=1S/C24H32N4O2.2C2H6/c1-28(16-21-15-22(29)27-26-21)23(30)19-9-7-18(8-10-19)11-14-25-17-24(12-13-24)20-5-3-2-4-6-20;2*1-2/h3,5-10,15,21,25-27,29H,2,4,11-14,16-17H2,1H3;2*1-2H3. The molecule has 1 amide bonds. The summed E-state index contributed by atoms with van der Waals surface area (Å²) in [5.41, 5.74) is 9.38. The molecule has 6 nitrogen and oxygen atoms in total. The van der Waals surface area contributed by atoms with Gasteiger partial charge in [-0.1, -0.05) is 58.1 Å². The molecule has 4 rings (SSSR count). The average Bonchev–Trinajstić information content (AvgIpc) is 3.58. The third kappa shape index (κ3) is 7.74. The van der Waals surface area contributed by atoms with Gasteiger partial charge in [-0.05, 0) is 68.0 Å². The van der Waals surface area contributed by atoms with Crippen molar-refractivity contribution in [3.05, 3.63) is 71.2 Å². The lowest BCUT2D eigenvalue weighted by molar-refractivity contribution is 0.0787. The van der Waals surface area contributed by atoms with E-state index >= 15 is 0 Å². The number of carbonyl (C=O) groups excluding carboxylic acids is 1. The van der Waals surface area contributed by atoms with Crippen LogP contribution in [0.3, 0.4) is 0 Å². The lowest BCUT2D eigenvalue weighted by Gasteiger charge is -2.20. The van der Waals surface area contributed by atoms with Crippen molar-refractivity contribution >= 4 is 5.91 Å². The predicted molar refractivity (Wildman–Crippen MR) is 142 cm³/mol. The second kappa shape index (κ2) is 14.0. The Hall–Kier alpha value is -2.57. The van der Waals surface area contributed by atoms with Crippen molar-refractivity contribution in [2.75, 3.05) is 26.7 Å². The van der Waals surface area contributed by atoms with Crippen molar-refractivity contribution in [2.24, 2.45) is 5.41 Å². The number of rotatable bonds is 9. The van der Waals surface area contributed by atoms with E-state index in [2.05, 4.69) is 34.4 Å². The van der Waals surface area contributed by atoms with Crippen LogP contribution in [0.4, 0.5) is 0 Å². The summed E-state index contributed by atoms with van der Waals surface area (Å²) in [6.07, 6.45) is 14.6. The summed E-state index contributed by atoms with van der Waals surface area (Å²) in [5.74, 6) is 0.0732. The summed E-state index contributed by atoms with van der Waals surface area (Å²) in [5, 5.41) is 13.0. The lowest BCUT2D eigenvalue weighted by atomic mass is 9.91. The highest BCUT2D eigenvalue weighted by atomic mass is 16.3. The van der Waals surface area contributed by atoms with Crippen LogP contribution in [-0.2, 0) is 6.42 Å². The van der Waals surface area contributed by atoms with Crippen molar-refractivity contribution in [3.63, 3.8) is 0 Å². The molecule has 0 saturated heterocycles. The van der Waals surface area contributed by atoms with Gasteiger partial charge in [0.15, 0.2) is 5.88 Å². The number of aliphatic hydroxyl groups excluding tert-OH is 1. The number of nitrogens with zero attached hydrogens (tertiary/aromatic N) is 1. The quantitative estimate of drug-likeness (QED) is 0.389. The lowest BCUT2D eigenvalue weighted by Crippen LogP contribution is -2.41. The molecule has 4 N–H and O–H groups in total. The number of allylic oxidation sites excluding steroid dienone is 3. The van der Waals surface area contributed by atoms with Gasteiger partial charge in [-0.2, -0.15) is 0 Å². The Labute approximate surface area is 206 Å². The first-order chi connectivity index (χ1) is 16.6. The smallest absolute Gasteiger partial charge is 0.253 e. The number of hydrogen-bond donors (Lipinski definition) is 4. The minimum absolute atomic E-state index is 0.0225. The maximum atomic E-state index is 12.6. The first-order valence-corrected chi connectivity index (χ1v) is 12.9. The Morgan fingerprint density at radius 2 is 1.85 bits per heavy atom. The number of hydrazine groups is 1. The highest BCUT2D eigenvalue weighted by Crippen LogP contribution is 2.52. The molecule has 1 aromatic rings. The van der Waals surface area contributed by atoms with Crippen molar-refractivity contribution in [2.45, 2.75) is 65.8 Å². The zero-order valence-electron chi connectivity index (χ0n) is 21.7. The maximum Gasteiger partial charge on any atom is 0.253 e. The Balaban J connectivity index is 0.000000970. The highest BCUT2D eigenvalue weighted by Gasteiger charge is 2.44. The molecule has 34 heavy (non-hydrogen) atoms. The SMILES string of the molecule is CC.CC.CN(CC1C=C(O)NN1)C(=O)c1ccc(CCNCC2(C3=CCCC=C3)CC2)cc1. The molecule has 3 aliphatic rings. The number of likely N-dealkylation sites (N-methyl/N-ethyl adjacent to an activating group) is 1. The van der Waals surface area contributed by atoms with E-state index in [-0.39, 0.29) is 17.8 Å². The third-order valence-electron chi connectivity index (χ3n) is 6.28. The van der Waals surface area contributed by atoms with Gasteiger partial charge in [0.25, 0.3) is 5.91 Å². The summed E-state index contributed by atoms with van der Waals surface area (Å²) in [4.78, 5) is 14.3. The minimum atomic E-state index is -0.0982. The molecule has 1 atom stereocenters. The van der Waals surface area contributed by atoms with Crippen LogP contribution in [0.25, 0.3) is 0 Å². The van der Waals surface area contributed by atoms with E-state index in [1.807, 2.05) is 52.0 Å². The number of nitrogens with one attached hydrogen (secondary N) is 3. The molecule has 0 bridgehead atoms. The number of aliphatic hydroxyl groups is 1. The second-order valence-electron chi connectivity index (χ2n) is 8.66. The molecule has 6 heteroatoms. The Morgan fingerprint density at radius 3 is 2.41 bits per heavy atom. The van der Waals surface area contributed by atoms with Gasteiger partial charge in [0, 0.05) is 31.1 Å². The Kier molecular flexibility index (Phi) is 11.4. The van der Waals surface area contributed by atoms with Gasteiger partial charge in [0.2, 0.25) is 0 Å². The van der Waals surface area contributed by atoms with E-state index < -0.39 is 0 Å². The molecule has 2 aliphatic carbocycles. The summed E-state index contributed by atoms with van der Waals surface area (Å²) in [6, 6.07) is 7.80. The molecule has 188 valence electrons. The van der Waals surface area contributed by atoms with Gasteiger partial charge in [0.05, 0.1) is 6.04 Å². The summed E-state index contributed by atoms with van der Waals surface area (Å²) < 4.78 is 0. The first kappa shape index (κ1) is 27.7. The Morgan fingerprint density at radius 1 is 1.15 bits per heavy atom. The van der Waals surface area contributed by atoms with Crippen LogP contribution in [0.2, 0.25) is 0 Å². The van der Waals surface area contributed by atoms with Gasteiger partial charge in [0.1, 0.15) is 0 Å². The van der Waals surface area contributed by atoms with Crippen LogP contribution in [0.15, 0.2) is 60.0 Å². The zero-order valence-corrected chi connectivity index (χ0v) is 21.7. The van der Waals surface area contributed by atoms with Gasteiger partial charge in [-0.3, -0.25) is 10.2 Å². The van der Waals surface area contributed by atoms with E-state index in [4.69, 9.17) is 0 Å². The van der Waals surface area contributed by atoms with Crippen molar-refractivity contribution < 1.29 is 9.90 Å². The van der Waals surface area contributed by atoms with Gasteiger partial charge >= 0.3 is 0 Å². The molecule has 0 spiro atoms. The Bertz CT molecular complexity index is 854. The van der Waals surface area contributed by atoms with Crippen LogP contribution < -0.4 is 16.2 Å².